The molecule has 1 fully saturated rings. The Balaban J connectivity index is 1.57. The quantitative estimate of drug-likeness (QED) is 0.609. The molecule has 0 aliphatic carbocycles. The molecule has 32 heavy (non-hydrogen) atoms. The summed E-state index contributed by atoms with van der Waals surface area (Å²) in [6, 6.07) is 3.11. The topological polar surface area (TPSA) is 85.2 Å². The zero-order valence-corrected chi connectivity index (χ0v) is 18.2. The molecule has 3 aromatic rings. The maximum absolute atomic E-state index is 14.8. The zero-order chi connectivity index (χ0) is 23.0. The SMILES string of the molecule is Cc1cn(-c2cc(F)c([C@H](C)Nc3nccc(N4C(=O)OC[C@@H]4C(C)C)n3)cc2F)cn1. The molecule has 0 bridgehead atoms. The van der Waals surface area contributed by atoms with Crippen LogP contribution < -0.4 is 10.2 Å². The van der Waals surface area contributed by atoms with Gasteiger partial charge in [0.2, 0.25) is 5.95 Å². The fraction of sp³-hybridized carbons (Fsp3) is 0.364. The van der Waals surface area contributed by atoms with Gasteiger partial charge in [0.05, 0.1) is 29.8 Å². The molecule has 1 aliphatic rings. The summed E-state index contributed by atoms with van der Waals surface area (Å²) in [5, 5.41) is 2.99. The van der Waals surface area contributed by atoms with Gasteiger partial charge in [-0.05, 0) is 31.9 Å². The molecule has 1 N–H and O–H groups in total. The van der Waals surface area contributed by atoms with E-state index < -0.39 is 23.8 Å². The lowest BCUT2D eigenvalue weighted by molar-refractivity contribution is 0.177. The second kappa shape index (κ2) is 8.52. The molecular weight excluding hydrogens is 418 g/mol. The second-order valence-electron chi connectivity index (χ2n) is 8.11. The van der Waals surface area contributed by atoms with Crippen LogP contribution >= 0.6 is 0 Å². The van der Waals surface area contributed by atoms with Crippen LogP contribution in [0, 0.1) is 24.5 Å². The lowest BCUT2D eigenvalue weighted by Crippen LogP contribution is -2.37. The number of aryl methyl sites for hydroxylation is 1. The molecule has 2 atom stereocenters. The number of benzene rings is 1. The molecule has 1 aromatic carbocycles. The van der Waals surface area contributed by atoms with Gasteiger partial charge >= 0.3 is 6.09 Å². The first-order valence-electron chi connectivity index (χ1n) is 10.3. The van der Waals surface area contributed by atoms with Gasteiger partial charge < -0.3 is 14.6 Å². The lowest BCUT2D eigenvalue weighted by Gasteiger charge is -2.24. The number of carbonyl (C=O) groups is 1. The van der Waals surface area contributed by atoms with Gasteiger partial charge in [-0.3, -0.25) is 4.90 Å². The molecule has 1 saturated heterocycles. The number of ether oxygens (including phenoxy) is 1. The van der Waals surface area contributed by atoms with Gasteiger partial charge in [0.25, 0.3) is 0 Å². The summed E-state index contributed by atoms with van der Waals surface area (Å²) in [6.07, 6.45) is 4.08. The number of nitrogens with one attached hydrogen (secondary N) is 1. The second-order valence-corrected chi connectivity index (χ2v) is 8.11. The Morgan fingerprint density at radius 2 is 1.97 bits per heavy atom. The molecule has 0 saturated carbocycles. The summed E-state index contributed by atoms with van der Waals surface area (Å²) >= 11 is 0. The predicted molar refractivity (Wildman–Crippen MR) is 115 cm³/mol. The zero-order valence-electron chi connectivity index (χ0n) is 18.2. The van der Waals surface area contributed by atoms with Crippen molar-refractivity contribution in [2.75, 3.05) is 16.8 Å². The molecule has 2 aromatic heterocycles. The molecule has 10 heteroatoms. The van der Waals surface area contributed by atoms with Crippen LogP contribution in [-0.2, 0) is 4.74 Å². The Morgan fingerprint density at radius 1 is 1.19 bits per heavy atom. The number of imidazole rings is 1. The number of halogens is 2. The van der Waals surface area contributed by atoms with Crippen molar-refractivity contribution in [2.24, 2.45) is 5.92 Å². The van der Waals surface area contributed by atoms with Crippen molar-refractivity contribution in [2.45, 2.75) is 39.8 Å². The molecule has 4 rings (SSSR count). The van der Waals surface area contributed by atoms with Crippen LogP contribution in [0.3, 0.4) is 0 Å². The van der Waals surface area contributed by atoms with Gasteiger partial charge in [-0.25, -0.2) is 23.5 Å². The van der Waals surface area contributed by atoms with E-state index in [4.69, 9.17) is 4.74 Å². The van der Waals surface area contributed by atoms with E-state index in [1.807, 2.05) is 13.8 Å². The predicted octanol–water partition coefficient (Wildman–Crippen LogP) is 4.40. The summed E-state index contributed by atoms with van der Waals surface area (Å²) < 4.78 is 36.2. The number of hydrogen-bond acceptors (Lipinski definition) is 6. The summed E-state index contributed by atoms with van der Waals surface area (Å²) in [4.78, 5) is 26.3. The Labute approximate surface area is 184 Å². The van der Waals surface area contributed by atoms with Crippen molar-refractivity contribution in [3.8, 4) is 5.69 Å². The van der Waals surface area contributed by atoms with E-state index in [9.17, 15) is 13.6 Å². The lowest BCUT2D eigenvalue weighted by atomic mass is 10.0. The maximum Gasteiger partial charge on any atom is 0.415 e. The van der Waals surface area contributed by atoms with Crippen molar-refractivity contribution in [1.82, 2.24) is 19.5 Å². The Hall–Kier alpha value is -3.56. The van der Waals surface area contributed by atoms with Gasteiger partial charge in [-0.1, -0.05) is 13.8 Å². The van der Waals surface area contributed by atoms with Gasteiger partial charge in [0.15, 0.2) is 0 Å². The third-order valence-electron chi connectivity index (χ3n) is 5.43. The first-order valence-corrected chi connectivity index (χ1v) is 10.3. The average molecular weight is 442 g/mol. The minimum Gasteiger partial charge on any atom is -0.447 e. The van der Waals surface area contributed by atoms with Crippen LogP contribution in [0.25, 0.3) is 5.69 Å². The summed E-state index contributed by atoms with van der Waals surface area (Å²) in [5.74, 6) is -0.421. The smallest absolute Gasteiger partial charge is 0.415 e. The van der Waals surface area contributed by atoms with E-state index in [2.05, 4.69) is 20.3 Å². The first kappa shape index (κ1) is 21.7. The molecule has 8 nitrogen and oxygen atoms in total. The van der Waals surface area contributed by atoms with Crippen LogP contribution in [-0.4, -0.2) is 38.3 Å². The van der Waals surface area contributed by atoms with E-state index in [0.717, 1.165) is 12.1 Å². The highest BCUT2D eigenvalue weighted by Gasteiger charge is 2.37. The standard InChI is InChI=1S/C22H24F2N6O2/c1-12(2)19-10-32-22(31)30(19)20-5-6-25-21(28-20)27-14(4)15-7-17(24)18(8-16(15)23)29-9-13(3)26-11-29/h5-9,11-12,14,19H,10H2,1-4H3,(H,25,27,28)/t14-,19+/m0/s1. The summed E-state index contributed by atoms with van der Waals surface area (Å²) in [5.41, 5.74) is 0.893. The van der Waals surface area contributed by atoms with Crippen molar-refractivity contribution in [3.05, 3.63) is 59.8 Å². The van der Waals surface area contributed by atoms with Crippen molar-refractivity contribution in [1.29, 1.82) is 0 Å². The fourth-order valence-electron chi connectivity index (χ4n) is 3.65. The van der Waals surface area contributed by atoms with E-state index in [0.29, 0.717) is 11.5 Å². The van der Waals surface area contributed by atoms with Crippen LogP contribution in [0.1, 0.15) is 38.1 Å². The monoisotopic (exact) mass is 442 g/mol. The van der Waals surface area contributed by atoms with Crippen LogP contribution in [0.4, 0.5) is 25.3 Å². The average Bonchev–Trinajstić information content (AvgIpc) is 3.35. The number of carbonyl (C=O) groups excluding carboxylic acids is 1. The van der Waals surface area contributed by atoms with Crippen molar-refractivity contribution >= 4 is 17.9 Å². The van der Waals surface area contributed by atoms with Crippen LogP contribution in [0.5, 0.6) is 0 Å². The Bertz CT molecular complexity index is 1150. The molecule has 1 amide bonds. The largest absolute Gasteiger partial charge is 0.447 e. The highest BCUT2D eigenvalue weighted by atomic mass is 19.1. The minimum atomic E-state index is -0.634. The number of cyclic esters (lactones) is 1. The Kier molecular flexibility index (Phi) is 5.77. The van der Waals surface area contributed by atoms with Gasteiger partial charge in [0, 0.05) is 24.0 Å². The highest BCUT2D eigenvalue weighted by Crippen LogP contribution is 2.28. The Morgan fingerprint density at radius 3 is 2.66 bits per heavy atom. The molecule has 0 radical (unpaired) electrons. The normalized spacial score (nSPS) is 17.0. The molecule has 1 aliphatic heterocycles. The highest BCUT2D eigenvalue weighted by molar-refractivity contribution is 5.89. The third-order valence-corrected chi connectivity index (χ3v) is 5.43. The van der Waals surface area contributed by atoms with E-state index in [1.54, 1.807) is 26.1 Å². The number of aromatic nitrogens is 4. The molecule has 168 valence electrons. The summed E-state index contributed by atoms with van der Waals surface area (Å²) in [7, 11) is 0. The van der Waals surface area contributed by atoms with E-state index >= 15 is 0 Å². The molecular formula is C22H24F2N6O2. The summed E-state index contributed by atoms with van der Waals surface area (Å²) in [6.45, 7) is 7.72. The van der Waals surface area contributed by atoms with E-state index in [1.165, 1.54) is 22.0 Å². The van der Waals surface area contributed by atoms with Crippen LogP contribution in [0.2, 0.25) is 0 Å². The molecule has 0 spiro atoms. The number of rotatable bonds is 6. The molecule has 0 unspecified atom stereocenters. The van der Waals surface area contributed by atoms with Gasteiger partial charge in [0.1, 0.15) is 24.1 Å². The van der Waals surface area contributed by atoms with Crippen molar-refractivity contribution < 1.29 is 18.3 Å². The number of hydrogen-bond donors (Lipinski definition) is 1. The first-order chi connectivity index (χ1) is 15.2. The van der Waals surface area contributed by atoms with E-state index in [-0.39, 0.29) is 35.8 Å². The maximum atomic E-state index is 14.8. The number of anilines is 2. The van der Waals surface area contributed by atoms with Gasteiger partial charge in [-0.2, -0.15) is 4.98 Å². The minimum absolute atomic E-state index is 0.0737. The van der Waals surface area contributed by atoms with Crippen LogP contribution in [0.15, 0.2) is 36.9 Å². The van der Waals surface area contributed by atoms with Crippen molar-refractivity contribution in [3.63, 3.8) is 0 Å². The molecule has 3 heterocycles. The number of nitrogens with zero attached hydrogens (tertiary/aromatic N) is 5. The van der Waals surface area contributed by atoms with Gasteiger partial charge in [-0.15, -0.1) is 0 Å². The third kappa shape index (κ3) is 4.12. The number of amides is 1. The fourth-order valence-corrected chi connectivity index (χ4v) is 3.65.